The first-order valence-electron chi connectivity index (χ1n) is 3.72. The zero-order valence-electron chi connectivity index (χ0n) is 7.37. The summed E-state index contributed by atoms with van der Waals surface area (Å²) in [6.45, 7) is 2.07. The van der Waals surface area contributed by atoms with Crippen molar-refractivity contribution in [2.24, 2.45) is 5.73 Å². The molecular formula is C8H16N2O. The number of nitrogens with two attached hydrogens (primary N) is 1. The van der Waals surface area contributed by atoms with Crippen LogP contribution in [0.2, 0.25) is 0 Å². The number of likely N-dealkylation sites (N-methyl/N-ethyl adjacent to an activating group) is 1. The molecule has 0 aliphatic carbocycles. The average molecular weight is 156 g/mol. The Bertz CT molecular complexity index is 152. The molecule has 1 unspecified atom stereocenters. The first kappa shape index (κ1) is 10.2. The second kappa shape index (κ2) is 4.91. The van der Waals surface area contributed by atoms with Crippen molar-refractivity contribution in [2.75, 3.05) is 14.1 Å². The van der Waals surface area contributed by atoms with Gasteiger partial charge >= 0.3 is 0 Å². The molecule has 64 valence electrons. The summed E-state index contributed by atoms with van der Waals surface area (Å²) in [4.78, 5) is 12.4. The van der Waals surface area contributed by atoms with Crippen LogP contribution in [0.4, 0.5) is 0 Å². The van der Waals surface area contributed by atoms with Crippen molar-refractivity contribution < 1.29 is 4.79 Å². The summed E-state index contributed by atoms with van der Waals surface area (Å²) in [7, 11) is 3.94. The maximum Gasteiger partial charge on any atom is 0.241 e. The summed E-state index contributed by atoms with van der Waals surface area (Å²) in [5, 5.41) is 0. The third-order valence-electron chi connectivity index (χ3n) is 1.56. The Morgan fingerprint density at radius 2 is 2.18 bits per heavy atom. The lowest BCUT2D eigenvalue weighted by molar-refractivity contribution is -0.113. The van der Waals surface area contributed by atoms with E-state index < -0.39 is 0 Å². The van der Waals surface area contributed by atoms with Crippen LogP contribution in [0.1, 0.15) is 13.3 Å². The standard InChI is InChI=1S/C8H16N2O/c1-4-7(10(2)3)5-6-8(9)11/h5-7H,4H2,1-3H3,(H2,9,11). The highest BCUT2D eigenvalue weighted by Crippen LogP contribution is 1.99. The topological polar surface area (TPSA) is 46.3 Å². The molecule has 11 heavy (non-hydrogen) atoms. The van der Waals surface area contributed by atoms with E-state index in [1.807, 2.05) is 25.1 Å². The number of hydrogen-bond acceptors (Lipinski definition) is 2. The van der Waals surface area contributed by atoms with Gasteiger partial charge in [-0.15, -0.1) is 0 Å². The van der Waals surface area contributed by atoms with Crippen LogP contribution < -0.4 is 5.73 Å². The molecule has 0 aliphatic rings. The molecule has 0 saturated heterocycles. The maximum absolute atomic E-state index is 10.4. The van der Waals surface area contributed by atoms with Crippen LogP contribution in [0, 0.1) is 0 Å². The van der Waals surface area contributed by atoms with Gasteiger partial charge in [0.2, 0.25) is 5.91 Å². The Morgan fingerprint density at radius 3 is 2.45 bits per heavy atom. The summed E-state index contributed by atoms with van der Waals surface area (Å²) < 4.78 is 0. The van der Waals surface area contributed by atoms with Gasteiger partial charge in [0, 0.05) is 12.1 Å². The number of nitrogens with zero attached hydrogens (tertiary/aromatic N) is 1. The number of primary amides is 1. The van der Waals surface area contributed by atoms with Gasteiger partial charge in [0.15, 0.2) is 0 Å². The highest BCUT2D eigenvalue weighted by Gasteiger charge is 2.02. The van der Waals surface area contributed by atoms with Crippen molar-refractivity contribution in [3.8, 4) is 0 Å². The number of hydrogen-bond donors (Lipinski definition) is 1. The van der Waals surface area contributed by atoms with E-state index in [2.05, 4.69) is 6.92 Å². The molecule has 0 aliphatic heterocycles. The summed E-state index contributed by atoms with van der Waals surface area (Å²) in [5.41, 5.74) is 4.95. The van der Waals surface area contributed by atoms with Crippen molar-refractivity contribution in [1.82, 2.24) is 4.90 Å². The molecule has 0 aromatic rings. The number of carbonyl (C=O) groups is 1. The Hall–Kier alpha value is -0.830. The lowest BCUT2D eigenvalue weighted by atomic mass is 10.2. The average Bonchev–Trinajstić information content (AvgIpc) is 1.87. The Morgan fingerprint density at radius 1 is 1.64 bits per heavy atom. The predicted octanol–water partition coefficient (Wildman–Crippen LogP) is 0.368. The normalized spacial score (nSPS) is 14.2. The molecule has 0 heterocycles. The molecule has 3 heteroatoms. The summed E-state index contributed by atoms with van der Waals surface area (Å²) in [5.74, 6) is -0.384. The molecule has 0 aromatic heterocycles. The van der Waals surface area contributed by atoms with Crippen LogP contribution in [-0.2, 0) is 4.79 Å². The number of carbonyl (C=O) groups excluding carboxylic acids is 1. The smallest absolute Gasteiger partial charge is 0.241 e. The first-order valence-corrected chi connectivity index (χ1v) is 3.72. The Kier molecular flexibility index (Phi) is 4.54. The van der Waals surface area contributed by atoms with Gasteiger partial charge in [-0.1, -0.05) is 13.0 Å². The quantitative estimate of drug-likeness (QED) is 0.598. The third-order valence-corrected chi connectivity index (χ3v) is 1.56. The van der Waals surface area contributed by atoms with Crippen molar-refractivity contribution in [1.29, 1.82) is 0 Å². The van der Waals surface area contributed by atoms with Gasteiger partial charge in [0.05, 0.1) is 0 Å². The molecule has 0 saturated carbocycles. The van der Waals surface area contributed by atoms with Gasteiger partial charge in [0.25, 0.3) is 0 Å². The molecule has 1 atom stereocenters. The molecule has 3 nitrogen and oxygen atoms in total. The van der Waals surface area contributed by atoms with E-state index in [-0.39, 0.29) is 5.91 Å². The lowest BCUT2D eigenvalue weighted by Gasteiger charge is -2.18. The first-order chi connectivity index (χ1) is 5.07. The number of amides is 1. The van der Waals surface area contributed by atoms with Crippen molar-refractivity contribution >= 4 is 5.91 Å². The van der Waals surface area contributed by atoms with E-state index >= 15 is 0 Å². The van der Waals surface area contributed by atoms with E-state index in [9.17, 15) is 4.79 Å². The van der Waals surface area contributed by atoms with Gasteiger partial charge in [-0.25, -0.2) is 0 Å². The summed E-state index contributed by atoms with van der Waals surface area (Å²) >= 11 is 0. The van der Waals surface area contributed by atoms with Crippen LogP contribution in [0.5, 0.6) is 0 Å². The predicted molar refractivity (Wildman–Crippen MR) is 46.1 cm³/mol. The largest absolute Gasteiger partial charge is 0.366 e. The molecule has 2 N–H and O–H groups in total. The Balaban J connectivity index is 3.97. The van der Waals surface area contributed by atoms with Gasteiger partial charge in [-0.05, 0) is 20.5 Å². The fourth-order valence-corrected chi connectivity index (χ4v) is 0.879. The molecule has 0 spiro atoms. The van der Waals surface area contributed by atoms with E-state index in [1.54, 1.807) is 0 Å². The minimum atomic E-state index is -0.384. The van der Waals surface area contributed by atoms with E-state index in [0.717, 1.165) is 6.42 Å². The van der Waals surface area contributed by atoms with Gasteiger partial charge < -0.3 is 10.6 Å². The maximum atomic E-state index is 10.4. The van der Waals surface area contributed by atoms with Gasteiger partial charge in [-0.2, -0.15) is 0 Å². The molecule has 0 radical (unpaired) electrons. The molecule has 0 fully saturated rings. The second-order valence-electron chi connectivity index (χ2n) is 2.70. The summed E-state index contributed by atoms with van der Waals surface area (Å²) in [6.07, 6.45) is 4.22. The molecule has 0 rings (SSSR count). The minimum absolute atomic E-state index is 0.308. The monoisotopic (exact) mass is 156 g/mol. The zero-order chi connectivity index (χ0) is 8.85. The van der Waals surface area contributed by atoms with Crippen molar-refractivity contribution in [3.05, 3.63) is 12.2 Å². The van der Waals surface area contributed by atoms with Crippen LogP contribution in [0.3, 0.4) is 0 Å². The molecule has 1 amide bonds. The molecular weight excluding hydrogens is 140 g/mol. The summed E-state index contributed by atoms with van der Waals surface area (Å²) in [6, 6.07) is 0.308. The van der Waals surface area contributed by atoms with Crippen LogP contribution in [-0.4, -0.2) is 30.9 Å². The minimum Gasteiger partial charge on any atom is -0.366 e. The molecule has 0 aromatic carbocycles. The van der Waals surface area contributed by atoms with E-state index in [0.29, 0.717) is 6.04 Å². The lowest BCUT2D eigenvalue weighted by Crippen LogP contribution is -2.25. The van der Waals surface area contributed by atoms with E-state index in [4.69, 9.17) is 5.73 Å². The van der Waals surface area contributed by atoms with Crippen LogP contribution in [0.15, 0.2) is 12.2 Å². The number of rotatable bonds is 4. The SMILES string of the molecule is CCC(C=CC(N)=O)N(C)C. The third kappa shape index (κ3) is 4.56. The highest BCUT2D eigenvalue weighted by molar-refractivity contribution is 5.85. The molecule has 0 bridgehead atoms. The highest BCUT2D eigenvalue weighted by atomic mass is 16.1. The Labute approximate surface area is 67.9 Å². The van der Waals surface area contributed by atoms with Crippen LogP contribution in [0.25, 0.3) is 0 Å². The van der Waals surface area contributed by atoms with Crippen LogP contribution >= 0.6 is 0 Å². The fraction of sp³-hybridized carbons (Fsp3) is 0.625. The van der Waals surface area contributed by atoms with Gasteiger partial charge in [0.1, 0.15) is 0 Å². The van der Waals surface area contributed by atoms with Gasteiger partial charge in [-0.3, -0.25) is 4.79 Å². The zero-order valence-corrected chi connectivity index (χ0v) is 7.37. The second-order valence-corrected chi connectivity index (χ2v) is 2.70. The van der Waals surface area contributed by atoms with Crippen molar-refractivity contribution in [3.63, 3.8) is 0 Å². The van der Waals surface area contributed by atoms with Crippen molar-refractivity contribution in [2.45, 2.75) is 19.4 Å². The van der Waals surface area contributed by atoms with E-state index in [1.165, 1.54) is 6.08 Å². The fourth-order valence-electron chi connectivity index (χ4n) is 0.879.